The zero-order chi connectivity index (χ0) is 14.5. The Hall–Kier alpha value is -1.26. The SMILES string of the molecule is Cc1cc(C(C)NCCOc2cccc(Br)c2)c(C)o1. The van der Waals surface area contributed by atoms with E-state index in [0.717, 1.165) is 28.3 Å². The van der Waals surface area contributed by atoms with E-state index < -0.39 is 0 Å². The van der Waals surface area contributed by atoms with Crippen molar-refractivity contribution >= 4 is 15.9 Å². The third-order valence-corrected chi connectivity index (χ3v) is 3.66. The Morgan fingerprint density at radius 1 is 1.30 bits per heavy atom. The van der Waals surface area contributed by atoms with Gasteiger partial charge in [0.2, 0.25) is 0 Å². The molecule has 0 saturated carbocycles. The van der Waals surface area contributed by atoms with Crippen LogP contribution in [0.3, 0.4) is 0 Å². The van der Waals surface area contributed by atoms with Crippen LogP contribution in [0.4, 0.5) is 0 Å². The summed E-state index contributed by atoms with van der Waals surface area (Å²) in [4.78, 5) is 0. The molecule has 3 nitrogen and oxygen atoms in total. The maximum atomic E-state index is 5.69. The molecular weight excluding hydrogens is 318 g/mol. The molecule has 0 saturated heterocycles. The molecule has 2 aromatic rings. The largest absolute Gasteiger partial charge is 0.492 e. The number of aryl methyl sites for hydroxylation is 2. The summed E-state index contributed by atoms with van der Waals surface area (Å²) in [7, 11) is 0. The van der Waals surface area contributed by atoms with Crippen LogP contribution in [0.1, 0.15) is 30.0 Å². The Bertz CT molecular complexity index is 565. The third kappa shape index (κ3) is 4.12. The van der Waals surface area contributed by atoms with E-state index in [9.17, 15) is 0 Å². The molecule has 0 aliphatic carbocycles. The molecule has 0 amide bonds. The molecule has 1 aromatic heterocycles. The highest BCUT2D eigenvalue weighted by Crippen LogP contribution is 2.21. The summed E-state index contributed by atoms with van der Waals surface area (Å²) >= 11 is 3.43. The number of hydrogen-bond acceptors (Lipinski definition) is 3. The highest BCUT2D eigenvalue weighted by atomic mass is 79.9. The molecule has 20 heavy (non-hydrogen) atoms. The topological polar surface area (TPSA) is 34.4 Å². The fourth-order valence-electron chi connectivity index (χ4n) is 2.19. The first-order valence-electron chi connectivity index (χ1n) is 6.75. The van der Waals surface area contributed by atoms with E-state index in [1.54, 1.807) is 0 Å². The van der Waals surface area contributed by atoms with Crippen molar-refractivity contribution < 1.29 is 9.15 Å². The standard InChI is InChI=1S/C16H20BrNO2/c1-11-9-16(13(3)20-11)12(2)18-7-8-19-15-6-4-5-14(17)10-15/h4-6,9-10,12,18H,7-8H2,1-3H3. The van der Waals surface area contributed by atoms with Crippen molar-refractivity contribution in [2.75, 3.05) is 13.2 Å². The number of furan rings is 1. The van der Waals surface area contributed by atoms with Crippen LogP contribution in [0.5, 0.6) is 5.75 Å². The average molecular weight is 338 g/mol. The highest BCUT2D eigenvalue weighted by Gasteiger charge is 2.11. The van der Waals surface area contributed by atoms with Crippen LogP contribution in [-0.4, -0.2) is 13.2 Å². The fraction of sp³-hybridized carbons (Fsp3) is 0.375. The zero-order valence-electron chi connectivity index (χ0n) is 12.1. The number of ether oxygens (including phenoxy) is 1. The number of hydrogen-bond donors (Lipinski definition) is 1. The monoisotopic (exact) mass is 337 g/mol. The van der Waals surface area contributed by atoms with Gasteiger partial charge in [0.1, 0.15) is 23.9 Å². The summed E-state index contributed by atoms with van der Waals surface area (Å²) in [5.41, 5.74) is 1.21. The average Bonchev–Trinajstić information content (AvgIpc) is 2.74. The molecule has 1 unspecified atom stereocenters. The summed E-state index contributed by atoms with van der Waals surface area (Å²) in [5, 5.41) is 3.44. The molecular formula is C16H20BrNO2. The van der Waals surface area contributed by atoms with Crippen LogP contribution >= 0.6 is 15.9 Å². The Balaban J connectivity index is 1.77. The molecule has 0 aliphatic rings. The van der Waals surface area contributed by atoms with Gasteiger partial charge in [-0.15, -0.1) is 0 Å². The van der Waals surface area contributed by atoms with Gasteiger partial charge in [0.15, 0.2) is 0 Å². The number of nitrogens with one attached hydrogen (secondary N) is 1. The van der Waals surface area contributed by atoms with Gasteiger partial charge >= 0.3 is 0 Å². The molecule has 1 aromatic carbocycles. The lowest BCUT2D eigenvalue weighted by Crippen LogP contribution is -2.24. The first-order chi connectivity index (χ1) is 9.56. The van der Waals surface area contributed by atoms with Gasteiger partial charge in [0, 0.05) is 22.6 Å². The van der Waals surface area contributed by atoms with Crippen molar-refractivity contribution in [3.8, 4) is 5.75 Å². The van der Waals surface area contributed by atoms with Gasteiger partial charge in [0.25, 0.3) is 0 Å². The summed E-state index contributed by atoms with van der Waals surface area (Å²) in [6.07, 6.45) is 0. The Morgan fingerprint density at radius 2 is 2.10 bits per heavy atom. The van der Waals surface area contributed by atoms with Crippen LogP contribution in [0.15, 0.2) is 39.2 Å². The lowest BCUT2D eigenvalue weighted by atomic mass is 10.1. The number of benzene rings is 1. The smallest absolute Gasteiger partial charge is 0.120 e. The predicted molar refractivity (Wildman–Crippen MR) is 84.2 cm³/mol. The van der Waals surface area contributed by atoms with Crippen LogP contribution < -0.4 is 10.1 Å². The maximum absolute atomic E-state index is 5.69. The lowest BCUT2D eigenvalue weighted by molar-refractivity contribution is 0.307. The summed E-state index contributed by atoms with van der Waals surface area (Å²) in [6.45, 7) is 7.53. The van der Waals surface area contributed by atoms with Gasteiger partial charge in [-0.25, -0.2) is 0 Å². The molecule has 0 aliphatic heterocycles. The van der Waals surface area contributed by atoms with E-state index in [-0.39, 0.29) is 6.04 Å². The van der Waals surface area contributed by atoms with Crippen molar-refractivity contribution in [2.45, 2.75) is 26.8 Å². The summed E-state index contributed by atoms with van der Waals surface area (Å²) in [6, 6.07) is 10.2. The zero-order valence-corrected chi connectivity index (χ0v) is 13.7. The summed E-state index contributed by atoms with van der Waals surface area (Å²) < 4.78 is 12.3. The van der Waals surface area contributed by atoms with E-state index in [1.807, 2.05) is 38.1 Å². The van der Waals surface area contributed by atoms with Gasteiger partial charge in [-0.3, -0.25) is 0 Å². The van der Waals surface area contributed by atoms with Crippen LogP contribution in [0.25, 0.3) is 0 Å². The van der Waals surface area contributed by atoms with E-state index in [1.165, 1.54) is 5.56 Å². The third-order valence-electron chi connectivity index (χ3n) is 3.16. The Kier molecular flexibility index (Phi) is 5.26. The van der Waals surface area contributed by atoms with Crippen LogP contribution in [-0.2, 0) is 0 Å². The van der Waals surface area contributed by atoms with Gasteiger partial charge < -0.3 is 14.5 Å². The molecule has 1 heterocycles. The number of rotatable bonds is 6. The van der Waals surface area contributed by atoms with E-state index in [4.69, 9.17) is 9.15 Å². The highest BCUT2D eigenvalue weighted by molar-refractivity contribution is 9.10. The second-order valence-electron chi connectivity index (χ2n) is 4.85. The maximum Gasteiger partial charge on any atom is 0.120 e. The number of halogens is 1. The molecule has 0 fully saturated rings. The van der Waals surface area contributed by atoms with Crippen molar-refractivity contribution in [3.05, 3.63) is 51.9 Å². The minimum atomic E-state index is 0.263. The fourth-order valence-corrected chi connectivity index (χ4v) is 2.57. The molecule has 108 valence electrons. The molecule has 0 radical (unpaired) electrons. The second kappa shape index (κ2) is 6.95. The predicted octanol–water partition coefficient (Wildman–Crippen LogP) is 4.39. The molecule has 4 heteroatoms. The molecule has 0 spiro atoms. The molecule has 0 bridgehead atoms. The minimum Gasteiger partial charge on any atom is -0.492 e. The van der Waals surface area contributed by atoms with E-state index in [0.29, 0.717) is 6.61 Å². The molecule has 1 atom stereocenters. The van der Waals surface area contributed by atoms with Crippen molar-refractivity contribution in [1.29, 1.82) is 0 Å². The molecule has 1 N–H and O–H groups in total. The Morgan fingerprint density at radius 3 is 2.75 bits per heavy atom. The van der Waals surface area contributed by atoms with E-state index >= 15 is 0 Å². The van der Waals surface area contributed by atoms with Crippen molar-refractivity contribution in [2.24, 2.45) is 0 Å². The van der Waals surface area contributed by atoms with Gasteiger partial charge in [0.05, 0.1) is 0 Å². The first kappa shape index (κ1) is 15.1. The van der Waals surface area contributed by atoms with Crippen LogP contribution in [0.2, 0.25) is 0 Å². The van der Waals surface area contributed by atoms with E-state index in [2.05, 4.69) is 34.2 Å². The quantitative estimate of drug-likeness (QED) is 0.794. The van der Waals surface area contributed by atoms with Crippen LogP contribution in [0, 0.1) is 13.8 Å². The lowest BCUT2D eigenvalue weighted by Gasteiger charge is -2.13. The van der Waals surface area contributed by atoms with Crippen molar-refractivity contribution in [3.63, 3.8) is 0 Å². The molecule has 2 rings (SSSR count). The van der Waals surface area contributed by atoms with Gasteiger partial charge in [-0.05, 0) is 45.0 Å². The second-order valence-corrected chi connectivity index (χ2v) is 5.77. The van der Waals surface area contributed by atoms with Gasteiger partial charge in [-0.1, -0.05) is 22.0 Å². The Labute approximate surface area is 128 Å². The summed E-state index contributed by atoms with van der Waals surface area (Å²) in [5.74, 6) is 2.82. The minimum absolute atomic E-state index is 0.263. The normalized spacial score (nSPS) is 12.4. The first-order valence-corrected chi connectivity index (χ1v) is 7.54. The van der Waals surface area contributed by atoms with Gasteiger partial charge in [-0.2, -0.15) is 0 Å². The van der Waals surface area contributed by atoms with Crippen molar-refractivity contribution in [1.82, 2.24) is 5.32 Å².